The van der Waals surface area contributed by atoms with Gasteiger partial charge in [0.15, 0.2) is 0 Å². The zero-order chi connectivity index (χ0) is 13.2. The lowest BCUT2D eigenvalue weighted by Crippen LogP contribution is -2.29. The quantitative estimate of drug-likeness (QED) is 0.580. The van der Waals surface area contributed by atoms with Gasteiger partial charge >= 0.3 is 0 Å². The summed E-state index contributed by atoms with van der Waals surface area (Å²) in [6.45, 7) is 6.44. The van der Waals surface area contributed by atoms with Crippen LogP contribution in [0.2, 0.25) is 0 Å². The van der Waals surface area contributed by atoms with Crippen molar-refractivity contribution in [1.29, 1.82) is 0 Å². The van der Waals surface area contributed by atoms with Gasteiger partial charge in [-0.3, -0.25) is 0 Å². The molecule has 1 unspecified atom stereocenters. The minimum absolute atomic E-state index is 0.213. The van der Waals surface area contributed by atoms with Gasteiger partial charge in [-0.1, -0.05) is 36.9 Å². The molecule has 1 rings (SSSR count). The van der Waals surface area contributed by atoms with Crippen molar-refractivity contribution in [3.8, 4) is 0 Å². The topological polar surface area (TPSA) is 64.1 Å². The molecule has 0 heterocycles. The Morgan fingerprint density at radius 2 is 1.94 bits per heavy atom. The van der Waals surface area contributed by atoms with Crippen molar-refractivity contribution in [1.82, 2.24) is 5.32 Å². The summed E-state index contributed by atoms with van der Waals surface area (Å²) in [6.07, 6.45) is 4.80. The molecular weight excluding hydrogens is 222 g/mol. The van der Waals surface area contributed by atoms with Crippen LogP contribution in [-0.2, 0) is 6.42 Å². The molecule has 1 aromatic carbocycles. The molecule has 0 amide bonds. The van der Waals surface area contributed by atoms with Gasteiger partial charge in [0.2, 0.25) is 0 Å². The second-order valence-corrected chi connectivity index (χ2v) is 4.59. The fraction of sp³-hybridized carbons (Fsp3) is 0.467. The maximum Gasteiger partial charge on any atom is 0.00914 e. The third-order valence-electron chi connectivity index (χ3n) is 2.96. The van der Waals surface area contributed by atoms with Crippen molar-refractivity contribution in [2.45, 2.75) is 25.3 Å². The predicted octanol–water partition coefficient (Wildman–Crippen LogP) is 1.53. The van der Waals surface area contributed by atoms with Crippen LogP contribution < -0.4 is 16.8 Å². The first kappa shape index (κ1) is 14.9. The highest BCUT2D eigenvalue weighted by atomic mass is 14.9. The molecule has 0 aliphatic heterocycles. The average Bonchev–Trinajstić information content (AvgIpc) is 2.39. The van der Waals surface area contributed by atoms with Crippen molar-refractivity contribution in [3.63, 3.8) is 0 Å². The van der Waals surface area contributed by atoms with E-state index in [1.54, 1.807) is 0 Å². The van der Waals surface area contributed by atoms with Crippen LogP contribution in [0.15, 0.2) is 30.8 Å². The summed E-state index contributed by atoms with van der Waals surface area (Å²) in [5, 5.41) is 3.35. The van der Waals surface area contributed by atoms with Crippen LogP contribution in [0.4, 0.5) is 0 Å². The monoisotopic (exact) mass is 247 g/mol. The summed E-state index contributed by atoms with van der Waals surface area (Å²) in [7, 11) is 0. The van der Waals surface area contributed by atoms with Crippen LogP contribution >= 0.6 is 0 Å². The molecule has 0 aliphatic rings. The van der Waals surface area contributed by atoms with Crippen LogP contribution in [0.1, 0.15) is 24.0 Å². The average molecular weight is 247 g/mol. The van der Waals surface area contributed by atoms with Crippen LogP contribution in [0.25, 0.3) is 6.08 Å². The van der Waals surface area contributed by atoms with Crippen molar-refractivity contribution < 1.29 is 0 Å². The normalized spacial score (nSPS) is 12.3. The van der Waals surface area contributed by atoms with Gasteiger partial charge in [-0.2, -0.15) is 0 Å². The third-order valence-corrected chi connectivity index (χ3v) is 2.96. The Morgan fingerprint density at radius 3 is 2.56 bits per heavy atom. The first-order valence-electron chi connectivity index (χ1n) is 6.64. The molecule has 3 nitrogen and oxygen atoms in total. The first-order valence-corrected chi connectivity index (χ1v) is 6.64. The van der Waals surface area contributed by atoms with E-state index in [0.717, 1.165) is 44.5 Å². The molecule has 0 spiro atoms. The van der Waals surface area contributed by atoms with E-state index in [1.807, 2.05) is 6.08 Å². The molecule has 0 fully saturated rings. The molecule has 0 aromatic heterocycles. The molecular formula is C15H25N3. The fourth-order valence-corrected chi connectivity index (χ4v) is 1.83. The summed E-state index contributed by atoms with van der Waals surface area (Å²) in [6, 6.07) is 8.62. The standard InChI is InChI=1S/C15H25N3/c1-2-13-4-6-14(7-5-13)12-15(17)8-11-18-10-3-9-16/h2,4-7,15,18H,1,3,8-12,16-17H2. The Balaban J connectivity index is 2.22. The molecule has 0 bridgehead atoms. The van der Waals surface area contributed by atoms with Crippen molar-refractivity contribution in [2.24, 2.45) is 11.5 Å². The molecule has 100 valence electrons. The van der Waals surface area contributed by atoms with Gasteiger partial charge in [0, 0.05) is 6.04 Å². The van der Waals surface area contributed by atoms with Gasteiger partial charge in [0.25, 0.3) is 0 Å². The third kappa shape index (κ3) is 5.96. The van der Waals surface area contributed by atoms with Gasteiger partial charge < -0.3 is 16.8 Å². The SMILES string of the molecule is C=Cc1ccc(CC(N)CCNCCCN)cc1. The molecule has 0 saturated carbocycles. The van der Waals surface area contributed by atoms with E-state index in [4.69, 9.17) is 11.5 Å². The van der Waals surface area contributed by atoms with Crippen LogP contribution in [0, 0.1) is 0 Å². The highest BCUT2D eigenvalue weighted by Crippen LogP contribution is 2.08. The van der Waals surface area contributed by atoms with Crippen molar-refractivity contribution in [3.05, 3.63) is 42.0 Å². The van der Waals surface area contributed by atoms with Gasteiger partial charge in [0.1, 0.15) is 0 Å². The minimum Gasteiger partial charge on any atom is -0.330 e. The predicted molar refractivity (Wildman–Crippen MR) is 79.4 cm³/mol. The second kappa shape index (κ2) is 8.86. The van der Waals surface area contributed by atoms with E-state index >= 15 is 0 Å². The number of nitrogens with two attached hydrogens (primary N) is 2. The van der Waals surface area contributed by atoms with E-state index in [1.165, 1.54) is 5.56 Å². The van der Waals surface area contributed by atoms with Gasteiger partial charge in [0.05, 0.1) is 0 Å². The number of hydrogen-bond acceptors (Lipinski definition) is 3. The maximum atomic E-state index is 6.11. The fourth-order valence-electron chi connectivity index (χ4n) is 1.83. The Labute approximate surface area is 110 Å². The van der Waals surface area contributed by atoms with E-state index < -0.39 is 0 Å². The van der Waals surface area contributed by atoms with E-state index in [9.17, 15) is 0 Å². The zero-order valence-corrected chi connectivity index (χ0v) is 11.1. The number of nitrogens with one attached hydrogen (secondary N) is 1. The van der Waals surface area contributed by atoms with E-state index in [-0.39, 0.29) is 6.04 Å². The van der Waals surface area contributed by atoms with Crippen LogP contribution in [0.3, 0.4) is 0 Å². The minimum atomic E-state index is 0.213. The van der Waals surface area contributed by atoms with Crippen molar-refractivity contribution in [2.75, 3.05) is 19.6 Å². The molecule has 0 radical (unpaired) electrons. The lowest BCUT2D eigenvalue weighted by atomic mass is 10.0. The Hall–Kier alpha value is -1.16. The molecule has 3 heteroatoms. The van der Waals surface area contributed by atoms with Gasteiger partial charge in [-0.05, 0) is 50.0 Å². The largest absolute Gasteiger partial charge is 0.330 e. The first-order chi connectivity index (χ1) is 8.76. The zero-order valence-electron chi connectivity index (χ0n) is 11.1. The molecule has 1 aromatic rings. The molecule has 1 atom stereocenters. The van der Waals surface area contributed by atoms with E-state index in [2.05, 4.69) is 36.2 Å². The molecule has 5 N–H and O–H groups in total. The van der Waals surface area contributed by atoms with Crippen LogP contribution in [0.5, 0.6) is 0 Å². The van der Waals surface area contributed by atoms with E-state index in [0.29, 0.717) is 0 Å². The van der Waals surface area contributed by atoms with Gasteiger partial charge in [-0.15, -0.1) is 0 Å². The number of rotatable bonds is 9. The lowest BCUT2D eigenvalue weighted by Gasteiger charge is -2.12. The summed E-state index contributed by atoms with van der Waals surface area (Å²) < 4.78 is 0. The Morgan fingerprint density at radius 1 is 1.22 bits per heavy atom. The molecule has 0 saturated heterocycles. The summed E-state index contributed by atoms with van der Waals surface area (Å²) in [4.78, 5) is 0. The molecule has 18 heavy (non-hydrogen) atoms. The van der Waals surface area contributed by atoms with Gasteiger partial charge in [-0.25, -0.2) is 0 Å². The smallest absolute Gasteiger partial charge is 0.00914 e. The Bertz CT molecular complexity index is 332. The lowest BCUT2D eigenvalue weighted by molar-refractivity contribution is 0.553. The highest BCUT2D eigenvalue weighted by molar-refractivity contribution is 5.47. The van der Waals surface area contributed by atoms with Crippen LogP contribution in [-0.4, -0.2) is 25.7 Å². The summed E-state index contributed by atoms with van der Waals surface area (Å²) in [5.74, 6) is 0. The highest BCUT2D eigenvalue weighted by Gasteiger charge is 2.03. The summed E-state index contributed by atoms with van der Waals surface area (Å²) >= 11 is 0. The number of benzene rings is 1. The number of hydrogen-bond donors (Lipinski definition) is 3. The maximum absolute atomic E-state index is 6.11. The van der Waals surface area contributed by atoms with Crippen molar-refractivity contribution >= 4 is 6.08 Å². The Kier molecular flexibility index (Phi) is 7.34. The second-order valence-electron chi connectivity index (χ2n) is 4.59. The molecule has 0 aliphatic carbocycles. The summed E-state index contributed by atoms with van der Waals surface area (Å²) in [5.41, 5.74) is 14.0.